The van der Waals surface area contributed by atoms with Crippen LogP contribution in [0.3, 0.4) is 0 Å². The Balaban J connectivity index is 1.59. The van der Waals surface area contributed by atoms with Gasteiger partial charge < -0.3 is 10.4 Å². The Labute approximate surface area is 196 Å². The van der Waals surface area contributed by atoms with Crippen LogP contribution in [0.4, 0.5) is 18.9 Å². The second-order valence-electron chi connectivity index (χ2n) is 9.97. The standard InChI is InChI=1S/C25H30F3N5O/c1-15-8-9-19-18(12-15)20(14-22(32-19)25(26,27)28)30-16-6-5-7-17(13-16)31-23(34)21-10-11-29-33(21)24(2,3)4/h8-12,14,16-17H,5-7,13H2,1-4H3,(H,30,32)(H,31,34)/p-1/t16-,17?/m0/s1. The lowest BCUT2D eigenvalue weighted by Crippen LogP contribution is -2.34. The predicted molar refractivity (Wildman–Crippen MR) is 125 cm³/mol. The van der Waals surface area contributed by atoms with Gasteiger partial charge in [0.15, 0.2) is 0 Å². The number of aromatic nitrogens is 3. The van der Waals surface area contributed by atoms with E-state index in [0.717, 1.165) is 30.9 Å². The van der Waals surface area contributed by atoms with Crippen LogP contribution in [-0.2, 0) is 11.7 Å². The summed E-state index contributed by atoms with van der Waals surface area (Å²) in [6.07, 6.45) is -0.0107. The molecule has 6 nitrogen and oxygen atoms in total. The Morgan fingerprint density at radius 3 is 2.62 bits per heavy atom. The molecular formula is C25H29F3N5O-. The van der Waals surface area contributed by atoms with Crippen LogP contribution in [0.25, 0.3) is 10.9 Å². The zero-order valence-corrected chi connectivity index (χ0v) is 19.8. The molecule has 1 unspecified atom stereocenters. The smallest absolute Gasteiger partial charge is 0.433 e. The van der Waals surface area contributed by atoms with E-state index < -0.39 is 11.9 Å². The van der Waals surface area contributed by atoms with Gasteiger partial charge in [0, 0.05) is 29.2 Å². The van der Waals surface area contributed by atoms with Gasteiger partial charge in [0.25, 0.3) is 0 Å². The number of fused-ring (bicyclic) bond motifs is 1. The summed E-state index contributed by atoms with van der Waals surface area (Å²) >= 11 is 0. The molecule has 182 valence electrons. The van der Waals surface area contributed by atoms with Crippen molar-refractivity contribution < 1.29 is 18.3 Å². The molecule has 0 saturated heterocycles. The fourth-order valence-electron chi connectivity index (χ4n) is 4.47. The molecule has 3 aromatic rings. The Hall–Kier alpha value is -3.10. The van der Waals surface area contributed by atoms with E-state index in [2.05, 4.69) is 20.4 Å². The third-order valence-electron chi connectivity index (χ3n) is 6.06. The van der Waals surface area contributed by atoms with Crippen molar-refractivity contribution >= 4 is 22.5 Å². The molecular weight excluding hydrogens is 443 g/mol. The summed E-state index contributed by atoms with van der Waals surface area (Å²) in [5, 5.41) is 21.1. The molecule has 4 rings (SSSR count). The second kappa shape index (κ2) is 8.92. The van der Waals surface area contributed by atoms with Gasteiger partial charge in [-0.15, -0.1) is 0 Å². The van der Waals surface area contributed by atoms with Gasteiger partial charge in [0.1, 0.15) is 5.69 Å². The van der Waals surface area contributed by atoms with E-state index in [1.165, 1.54) is 0 Å². The molecule has 0 amide bonds. The Morgan fingerprint density at radius 2 is 1.91 bits per heavy atom. The molecule has 34 heavy (non-hydrogen) atoms. The van der Waals surface area contributed by atoms with Crippen molar-refractivity contribution in [3.8, 4) is 0 Å². The lowest BCUT2D eigenvalue weighted by atomic mass is 9.91. The summed E-state index contributed by atoms with van der Waals surface area (Å²) in [5.74, 6) is -0.317. The first-order chi connectivity index (χ1) is 15.9. The number of nitrogens with one attached hydrogen (secondary N) is 1. The van der Waals surface area contributed by atoms with Crippen LogP contribution >= 0.6 is 0 Å². The van der Waals surface area contributed by atoms with Crippen molar-refractivity contribution in [3.05, 3.63) is 53.5 Å². The van der Waals surface area contributed by atoms with Crippen LogP contribution in [0.15, 0.2) is 41.5 Å². The van der Waals surface area contributed by atoms with E-state index >= 15 is 0 Å². The Morgan fingerprint density at radius 1 is 1.15 bits per heavy atom. The maximum atomic E-state index is 13.5. The number of nitrogens with zero attached hydrogens (tertiary/aromatic N) is 4. The third kappa shape index (κ3) is 5.18. The number of benzene rings is 1. The summed E-state index contributed by atoms with van der Waals surface area (Å²) in [6.45, 7) is 7.79. The summed E-state index contributed by atoms with van der Waals surface area (Å²) in [4.78, 5) is 8.26. The third-order valence-corrected chi connectivity index (χ3v) is 6.06. The van der Waals surface area contributed by atoms with Gasteiger partial charge in [0.05, 0.1) is 22.8 Å². The largest absolute Gasteiger partial charge is 0.857 e. The highest BCUT2D eigenvalue weighted by Crippen LogP contribution is 2.35. The van der Waals surface area contributed by atoms with E-state index in [-0.39, 0.29) is 23.5 Å². The van der Waals surface area contributed by atoms with Crippen LogP contribution in [0.1, 0.15) is 63.4 Å². The number of alkyl halides is 3. The highest BCUT2D eigenvalue weighted by Gasteiger charge is 2.34. The normalized spacial score (nSPS) is 20.0. The van der Waals surface area contributed by atoms with Crippen LogP contribution in [0.5, 0.6) is 0 Å². The molecule has 2 heterocycles. The predicted octanol–water partition coefficient (Wildman–Crippen LogP) is 5.04. The number of hydrogen-bond donors (Lipinski definition) is 1. The van der Waals surface area contributed by atoms with Crippen molar-refractivity contribution in [1.29, 1.82) is 0 Å². The van der Waals surface area contributed by atoms with E-state index in [4.69, 9.17) is 0 Å². The number of pyridine rings is 1. The van der Waals surface area contributed by atoms with Crippen molar-refractivity contribution in [3.63, 3.8) is 0 Å². The van der Waals surface area contributed by atoms with E-state index in [0.29, 0.717) is 28.7 Å². The SMILES string of the molecule is Cc1ccc2nc(C(F)(F)F)cc(N[C@H]3CCCC(N=C([O-])c4ccnn4C(C)(C)C)C3)c2c1. The van der Waals surface area contributed by atoms with Gasteiger partial charge >= 0.3 is 6.18 Å². The summed E-state index contributed by atoms with van der Waals surface area (Å²) in [6, 6.07) is 7.64. The molecule has 0 bridgehead atoms. The molecule has 1 aliphatic rings. The Kier molecular flexibility index (Phi) is 6.31. The minimum absolute atomic E-state index is 0.102. The highest BCUT2D eigenvalue weighted by molar-refractivity contribution is 5.92. The van der Waals surface area contributed by atoms with Crippen LogP contribution in [-0.4, -0.2) is 32.7 Å². The first-order valence-electron chi connectivity index (χ1n) is 11.5. The first kappa shape index (κ1) is 24.0. The van der Waals surface area contributed by atoms with Crippen molar-refractivity contribution in [2.45, 2.75) is 77.2 Å². The van der Waals surface area contributed by atoms with Crippen molar-refractivity contribution in [1.82, 2.24) is 14.8 Å². The van der Waals surface area contributed by atoms with Gasteiger partial charge in [-0.05, 0) is 77.6 Å². The van der Waals surface area contributed by atoms with E-state index in [1.54, 1.807) is 29.1 Å². The van der Waals surface area contributed by atoms with Crippen molar-refractivity contribution in [2.75, 3.05) is 5.32 Å². The average molecular weight is 473 g/mol. The maximum Gasteiger partial charge on any atom is 0.433 e. The molecule has 0 spiro atoms. The summed E-state index contributed by atoms with van der Waals surface area (Å²) < 4.78 is 42.0. The second-order valence-corrected chi connectivity index (χ2v) is 9.97. The topological polar surface area (TPSA) is 78.2 Å². The first-order valence-corrected chi connectivity index (χ1v) is 11.5. The highest BCUT2D eigenvalue weighted by atomic mass is 19.4. The van der Waals surface area contributed by atoms with Gasteiger partial charge in [0.2, 0.25) is 0 Å². The minimum Gasteiger partial charge on any atom is -0.857 e. The number of aliphatic imine (C=N–C) groups is 1. The number of aryl methyl sites for hydroxylation is 1. The molecule has 2 aromatic heterocycles. The van der Waals surface area contributed by atoms with E-state index in [1.807, 2.05) is 33.8 Å². The van der Waals surface area contributed by atoms with Crippen LogP contribution < -0.4 is 10.4 Å². The molecule has 0 aliphatic heterocycles. The van der Waals surface area contributed by atoms with Gasteiger partial charge in [-0.2, -0.15) is 18.3 Å². The van der Waals surface area contributed by atoms with Crippen LogP contribution in [0.2, 0.25) is 0 Å². The molecule has 0 radical (unpaired) electrons. The molecule has 2 atom stereocenters. The molecule has 1 saturated carbocycles. The minimum atomic E-state index is -4.54. The fourth-order valence-corrected chi connectivity index (χ4v) is 4.47. The number of hydrogen-bond acceptors (Lipinski definition) is 5. The van der Waals surface area contributed by atoms with Crippen molar-refractivity contribution in [2.24, 2.45) is 4.99 Å². The fraction of sp³-hybridized carbons (Fsp3) is 0.480. The number of rotatable bonds is 4. The van der Waals surface area contributed by atoms with Gasteiger partial charge in [-0.25, -0.2) is 4.98 Å². The molecule has 1 aromatic carbocycles. The monoisotopic (exact) mass is 472 g/mol. The molecule has 1 aliphatic carbocycles. The lowest BCUT2D eigenvalue weighted by molar-refractivity contribution is -0.214. The van der Waals surface area contributed by atoms with Gasteiger partial charge in [-0.3, -0.25) is 9.67 Å². The molecule has 1 fully saturated rings. The van der Waals surface area contributed by atoms with Crippen LogP contribution in [0, 0.1) is 6.92 Å². The quantitative estimate of drug-likeness (QED) is 0.426. The lowest BCUT2D eigenvalue weighted by Gasteiger charge is -2.31. The number of anilines is 1. The average Bonchev–Trinajstić information content (AvgIpc) is 3.24. The Bertz CT molecular complexity index is 1210. The molecule has 1 N–H and O–H groups in total. The maximum absolute atomic E-state index is 13.5. The summed E-state index contributed by atoms with van der Waals surface area (Å²) in [7, 11) is 0. The zero-order valence-electron chi connectivity index (χ0n) is 19.8. The zero-order chi connectivity index (χ0) is 24.7. The number of halogens is 3. The summed E-state index contributed by atoms with van der Waals surface area (Å²) in [5.41, 5.74) is 0.809. The van der Waals surface area contributed by atoms with E-state index in [9.17, 15) is 18.3 Å². The molecule has 9 heteroatoms. The van der Waals surface area contributed by atoms with Gasteiger partial charge in [-0.1, -0.05) is 11.6 Å².